The van der Waals surface area contributed by atoms with Crippen LogP contribution in [0.15, 0.2) is 54.6 Å². The van der Waals surface area contributed by atoms with Gasteiger partial charge in [-0.1, -0.05) is 108 Å². The first-order chi connectivity index (χ1) is 15.3. The summed E-state index contributed by atoms with van der Waals surface area (Å²) in [7, 11) is 0. The van der Waals surface area contributed by atoms with Crippen LogP contribution in [0.3, 0.4) is 0 Å². The Morgan fingerprint density at radius 3 is 1.74 bits per heavy atom. The van der Waals surface area contributed by atoms with Gasteiger partial charge in [0, 0.05) is 11.4 Å². The molecule has 1 atom stereocenters. The molecule has 1 unspecified atom stereocenters. The number of aliphatic hydroxyl groups excluding tert-OH is 1. The molecular weight excluding hydrogens is 378 g/mol. The Hall–Kier alpha value is -1.80. The molecule has 0 aromatic heterocycles. The Labute approximate surface area is 191 Å². The topological polar surface area (TPSA) is 32.3 Å². The van der Waals surface area contributed by atoms with E-state index in [1.807, 2.05) is 6.07 Å². The molecule has 0 saturated carbocycles. The standard InChI is InChI=1S/C29H45NO/c1-2-3-4-8-15-20-29(31)21-16-10-7-5-6-9-12-17-26-22-24-28(25-23-26)30-27-18-13-11-14-19-27/h11,13-14,18-19,22-25,29-31H,2-10,12,15-17,20-21H2,1H3. The Morgan fingerprint density at radius 1 is 0.613 bits per heavy atom. The van der Waals surface area contributed by atoms with E-state index in [4.69, 9.17) is 0 Å². The van der Waals surface area contributed by atoms with E-state index in [1.165, 1.54) is 89.0 Å². The van der Waals surface area contributed by atoms with E-state index in [2.05, 4.69) is 60.8 Å². The molecule has 2 heteroatoms. The summed E-state index contributed by atoms with van der Waals surface area (Å²) in [6, 6.07) is 19.2. The normalized spacial score (nSPS) is 12.1. The van der Waals surface area contributed by atoms with Gasteiger partial charge < -0.3 is 10.4 Å². The zero-order valence-electron chi connectivity index (χ0n) is 19.8. The Kier molecular flexibility index (Phi) is 13.8. The lowest BCUT2D eigenvalue weighted by atomic mass is 10.0. The van der Waals surface area contributed by atoms with Crippen LogP contribution in [0.4, 0.5) is 11.4 Å². The molecule has 2 N–H and O–H groups in total. The fourth-order valence-electron chi connectivity index (χ4n) is 4.16. The van der Waals surface area contributed by atoms with Crippen molar-refractivity contribution in [2.45, 2.75) is 109 Å². The molecule has 0 aliphatic carbocycles. The Bertz CT molecular complexity index is 652. The van der Waals surface area contributed by atoms with Crippen molar-refractivity contribution in [2.75, 3.05) is 5.32 Å². The minimum absolute atomic E-state index is 0.0593. The molecule has 0 spiro atoms. The van der Waals surface area contributed by atoms with Gasteiger partial charge in [0.25, 0.3) is 0 Å². The third kappa shape index (κ3) is 12.6. The van der Waals surface area contributed by atoms with Crippen molar-refractivity contribution in [1.82, 2.24) is 0 Å². The van der Waals surface area contributed by atoms with Gasteiger partial charge in [-0.05, 0) is 55.5 Å². The van der Waals surface area contributed by atoms with Crippen LogP contribution in [0.25, 0.3) is 0 Å². The quantitative estimate of drug-likeness (QED) is 0.235. The summed E-state index contributed by atoms with van der Waals surface area (Å²) in [4.78, 5) is 0. The number of aryl methyl sites for hydroxylation is 1. The van der Waals surface area contributed by atoms with Crippen LogP contribution in [0.1, 0.15) is 102 Å². The third-order valence-corrected chi connectivity index (χ3v) is 6.16. The molecule has 2 aromatic carbocycles. The number of hydrogen-bond donors (Lipinski definition) is 2. The van der Waals surface area contributed by atoms with E-state index in [0.717, 1.165) is 24.2 Å². The minimum atomic E-state index is -0.0593. The average molecular weight is 424 g/mol. The van der Waals surface area contributed by atoms with Gasteiger partial charge in [0.15, 0.2) is 0 Å². The van der Waals surface area contributed by atoms with Crippen LogP contribution in [-0.2, 0) is 6.42 Å². The first kappa shape index (κ1) is 25.5. The summed E-state index contributed by atoms with van der Waals surface area (Å²) in [6.45, 7) is 2.25. The van der Waals surface area contributed by atoms with Gasteiger partial charge in [-0.15, -0.1) is 0 Å². The third-order valence-electron chi connectivity index (χ3n) is 6.16. The molecule has 0 amide bonds. The van der Waals surface area contributed by atoms with Crippen LogP contribution in [0, 0.1) is 0 Å². The van der Waals surface area contributed by atoms with Crippen LogP contribution >= 0.6 is 0 Å². The molecule has 2 aromatic rings. The van der Waals surface area contributed by atoms with Gasteiger partial charge in [-0.25, -0.2) is 0 Å². The van der Waals surface area contributed by atoms with Crippen molar-refractivity contribution in [3.05, 3.63) is 60.2 Å². The van der Waals surface area contributed by atoms with Crippen molar-refractivity contribution in [2.24, 2.45) is 0 Å². The van der Waals surface area contributed by atoms with Crippen molar-refractivity contribution >= 4 is 11.4 Å². The zero-order chi connectivity index (χ0) is 22.0. The number of aliphatic hydroxyl groups is 1. The van der Waals surface area contributed by atoms with Gasteiger partial charge in [-0.2, -0.15) is 0 Å². The number of anilines is 2. The second-order valence-corrected chi connectivity index (χ2v) is 9.06. The van der Waals surface area contributed by atoms with Gasteiger partial charge in [0.1, 0.15) is 0 Å². The Balaban J connectivity index is 1.41. The van der Waals surface area contributed by atoms with E-state index in [0.29, 0.717) is 0 Å². The van der Waals surface area contributed by atoms with Crippen LogP contribution in [-0.4, -0.2) is 11.2 Å². The van der Waals surface area contributed by atoms with Crippen LogP contribution < -0.4 is 5.32 Å². The monoisotopic (exact) mass is 423 g/mol. The van der Waals surface area contributed by atoms with Crippen LogP contribution in [0.2, 0.25) is 0 Å². The summed E-state index contributed by atoms with van der Waals surface area (Å²) >= 11 is 0. The molecule has 172 valence electrons. The highest BCUT2D eigenvalue weighted by Gasteiger charge is 2.03. The molecule has 0 aliphatic heterocycles. The van der Waals surface area contributed by atoms with E-state index < -0.39 is 0 Å². The van der Waals surface area contributed by atoms with Crippen molar-refractivity contribution < 1.29 is 5.11 Å². The molecule has 0 saturated heterocycles. The fourth-order valence-corrected chi connectivity index (χ4v) is 4.16. The maximum atomic E-state index is 10.1. The fraction of sp³-hybridized carbons (Fsp3) is 0.586. The highest BCUT2D eigenvalue weighted by molar-refractivity contribution is 5.59. The Morgan fingerprint density at radius 2 is 1.13 bits per heavy atom. The molecule has 0 aliphatic rings. The molecule has 2 rings (SSSR count). The lowest BCUT2D eigenvalue weighted by Crippen LogP contribution is -2.05. The summed E-state index contributed by atoms with van der Waals surface area (Å²) in [5.41, 5.74) is 3.71. The summed E-state index contributed by atoms with van der Waals surface area (Å²) in [6.07, 6.45) is 18.7. The molecule has 2 nitrogen and oxygen atoms in total. The molecule has 0 heterocycles. The molecule has 0 bridgehead atoms. The minimum Gasteiger partial charge on any atom is -0.393 e. The second kappa shape index (κ2) is 16.8. The predicted octanol–water partition coefficient (Wildman–Crippen LogP) is 8.81. The van der Waals surface area contributed by atoms with Crippen molar-refractivity contribution in [3.63, 3.8) is 0 Å². The van der Waals surface area contributed by atoms with Crippen molar-refractivity contribution in [3.8, 4) is 0 Å². The lowest BCUT2D eigenvalue weighted by molar-refractivity contribution is 0.147. The van der Waals surface area contributed by atoms with E-state index in [-0.39, 0.29) is 6.10 Å². The number of rotatable bonds is 18. The van der Waals surface area contributed by atoms with Crippen LogP contribution in [0.5, 0.6) is 0 Å². The largest absolute Gasteiger partial charge is 0.393 e. The van der Waals surface area contributed by atoms with E-state index >= 15 is 0 Å². The molecule has 0 fully saturated rings. The van der Waals surface area contributed by atoms with Crippen molar-refractivity contribution in [1.29, 1.82) is 0 Å². The summed E-state index contributed by atoms with van der Waals surface area (Å²) < 4.78 is 0. The first-order valence-corrected chi connectivity index (χ1v) is 12.9. The predicted molar refractivity (Wildman–Crippen MR) is 136 cm³/mol. The first-order valence-electron chi connectivity index (χ1n) is 12.9. The van der Waals surface area contributed by atoms with Gasteiger partial charge >= 0.3 is 0 Å². The number of unbranched alkanes of at least 4 members (excludes halogenated alkanes) is 10. The maximum absolute atomic E-state index is 10.1. The number of para-hydroxylation sites is 1. The number of nitrogens with one attached hydrogen (secondary N) is 1. The number of benzene rings is 2. The van der Waals surface area contributed by atoms with E-state index in [1.54, 1.807) is 0 Å². The lowest BCUT2D eigenvalue weighted by Gasteiger charge is -2.10. The smallest absolute Gasteiger partial charge is 0.0540 e. The maximum Gasteiger partial charge on any atom is 0.0540 e. The van der Waals surface area contributed by atoms with Gasteiger partial charge in [0.05, 0.1) is 6.10 Å². The summed E-state index contributed by atoms with van der Waals surface area (Å²) in [5, 5.41) is 13.5. The molecule has 31 heavy (non-hydrogen) atoms. The van der Waals surface area contributed by atoms with Gasteiger partial charge in [0.2, 0.25) is 0 Å². The second-order valence-electron chi connectivity index (χ2n) is 9.06. The zero-order valence-corrected chi connectivity index (χ0v) is 19.8. The average Bonchev–Trinajstić information content (AvgIpc) is 2.79. The number of hydrogen-bond acceptors (Lipinski definition) is 2. The van der Waals surface area contributed by atoms with Gasteiger partial charge in [-0.3, -0.25) is 0 Å². The molecular formula is C29H45NO. The SMILES string of the molecule is CCCCCCCC(O)CCCCCCCCCc1ccc(Nc2ccccc2)cc1. The summed E-state index contributed by atoms with van der Waals surface area (Å²) in [5.74, 6) is 0. The van der Waals surface area contributed by atoms with E-state index in [9.17, 15) is 5.11 Å². The molecule has 0 radical (unpaired) electrons. The highest BCUT2D eigenvalue weighted by Crippen LogP contribution is 2.18. The highest BCUT2D eigenvalue weighted by atomic mass is 16.3.